The number of hydrogen-bond acceptors (Lipinski definition) is 3. The molecule has 140 valence electrons. The van der Waals surface area contributed by atoms with Gasteiger partial charge in [0, 0.05) is 6.42 Å². The van der Waals surface area contributed by atoms with Gasteiger partial charge in [0.05, 0.1) is 12.1 Å². The minimum Gasteiger partial charge on any atom is -0.381 e. The summed E-state index contributed by atoms with van der Waals surface area (Å²) in [6.45, 7) is 0. The molecule has 4 rings (SSSR count). The van der Waals surface area contributed by atoms with Gasteiger partial charge in [-0.3, -0.25) is 0 Å². The molecular weight excluding hydrogens is 356 g/mol. The van der Waals surface area contributed by atoms with Crippen LogP contribution in [0.2, 0.25) is 0 Å². The smallest absolute Gasteiger partial charge is 0.172 e. The van der Waals surface area contributed by atoms with E-state index in [1.165, 1.54) is 0 Å². The predicted molar refractivity (Wildman–Crippen MR) is 112 cm³/mol. The second-order valence-corrected chi connectivity index (χ2v) is 7.41. The van der Waals surface area contributed by atoms with Gasteiger partial charge in [-0.1, -0.05) is 91.0 Å². The summed E-state index contributed by atoms with van der Waals surface area (Å²) in [7, 11) is 0. The van der Waals surface area contributed by atoms with Gasteiger partial charge in [0.15, 0.2) is 5.41 Å². The summed E-state index contributed by atoms with van der Waals surface area (Å²) in [6.07, 6.45) is 0.477. The molecule has 0 saturated heterocycles. The van der Waals surface area contributed by atoms with E-state index in [0.717, 1.165) is 11.1 Å². The van der Waals surface area contributed by atoms with Crippen molar-refractivity contribution in [2.24, 2.45) is 5.41 Å². The van der Waals surface area contributed by atoms with Crippen LogP contribution in [0.5, 0.6) is 0 Å². The molecule has 0 amide bonds. The fourth-order valence-electron chi connectivity index (χ4n) is 4.31. The van der Waals surface area contributed by atoms with Gasteiger partial charge in [-0.05, 0) is 34.3 Å². The van der Waals surface area contributed by atoms with Crippen LogP contribution in [-0.4, -0.2) is 5.11 Å². The first-order chi connectivity index (χ1) is 14.1. The average Bonchev–Trinajstić information content (AvgIpc) is 3.05. The molecule has 0 fully saturated rings. The summed E-state index contributed by atoms with van der Waals surface area (Å²) >= 11 is 0. The number of nitrogens with zero attached hydrogens (tertiary/aromatic N) is 2. The van der Waals surface area contributed by atoms with Crippen molar-refractivity contribution in [2.45, 2.75) is 18.4 Å². The maximum Gasteiger partial charge on any atom is 0.172 e. The first-order valence-corrected chi connectivity index (χ1v) is 9.57. The molecule has 1 aliphatic carbocycles. The van der Waals surface area contributed by atoms with Crippen molar-refractivity contribution in [3.05, 3.63) is 113 Å². The van der Waals surface area contributed by atoms with E-state index in [1.54, 1.807) is 0 Å². The third-order valence-corrected chi connectivity index (χ3v) is 5.67. The zero-order valence-electron chi connectivity index (χ0n) is 15.9. The van der Waals surface area contributed by atoms with Crippen LogP contribution < -0.4 is 0 Å². The van der Waals surface area contributed by atoms with Gasteiger partial charge >= 0.3 is 0 Å². The Morgan fingerprint density at radius 2 is 1.28 bits per heavy atom. The third kappa shape index (κ3) is 3.13. The standard InChI is InChI=1S/C26H20N2O/c27-18-25(19-28)17-26(29,22-14-8-3-9-15-22)23(16-20-10-4-1-5-11-20)24(25)21-12-6-2-7-13-21/h1-15,29H,16-17H2. The molecule has 0 heterocycles. The summed E-state index contributed by atoms with van der Waals surface area (Å²) in [5.41, 5.74) is 1.05. The van der Waals surface area contributed by atoms with Crippen molar-refractivity contribution in [3.8, 4) is 12.1 Å². The largest absolute Gasteiger partial charge is 0.381 e. The molecular formula is C26H20N2O. The molecule has 1 aliphatic rings. The minimum absolute atomic E-state index is 0.0173. The maximum atomic E-state index is 12.0. The topological polar surface area (TPSA) is 67.8 Å². The lowest BCUT2D eigenvalue weighted by Gasteiger charge is -2.28. The van der Waals surface area contributed by atoms with E-state index in [1.807, 2.05) is 91.0 Å². The number of allylic oxidation sites excluding steroid dienone is 1. The van der Waals surface area contributed by atoms with Crippen LogP contribution in [-0.2, 0) is 12.0 Å². The number of benzene rings is 3. The Kier molecular flexibility index (Phi) is 4.77. The van der Waals surface area contributed by atoms with Crippen LogP contribution in [0, 0.1) is 28.1 Å². The van der Waals surface area contributed by atoms with E-state index in [0.29, 0.717) is 23.1 Å². The molecule has 3 nitrogen and oxygen atoms in total. The van der Waals surface area contributed by atoms with E-state index in [4.69, 9.17) is 0 Å². The van der Waals surface area contributed by atoms with Crippen molar-refractivity contribution in [1.82, 2.24) is 0 Å². The number of hydrogen-bond donors (Lipinski definition) is 1. The van der Waals surface area contributed by atoms with Crippen molar-refractivity contribution >= 4 is 5.57 Å². The molecule has 0 radical (unpaired) electrons. The lowest BCUT2D eigenvalue weighted by atomic mass is 9.78. The lowest BCUT2D eigenvalue weighted by Crippen LogP contribution is -2.29. The van der Waals surface area contributed by atoms with Crippen molar-refractivity contribution in [3.63, 3.8) is 0 Å². The zero-order valence-corrected chi connectivity index (χ0v) is 15.9. The highest BCUT2D eigenvalue weighted by molar-refractivity contribution is 5.83. The molecule has 3 aromatic rings. The van der Waals surface area contributed by atoms with E-state index >= 15 is 0 Å². The van der Waals surface area contributed by atoms with Crippen molar-refractivity contribution in [1.29, 1.82) is 10.5 Å². The third-order valence-electron chi connectivity index (χ3n) is 5.67. The van der Waals surface area contributed by atoms with Crippen LogP contribution in [0.1, 0.15) is 23.1 Å². The fourth-order valence-corrected chi connectivity index (χ4v) is 4.31. The Labute approximate surface area is 170 Å². The van der Waals surface area contributed by atoms with Gasteiger partial charge in [0.1, 0.15) is 5.60 Å². The minimum atomic E-state index is -1.42. The summed E-state index contributed by atoms with van der Waals surface area (Å²) in [6, 6.07) is 33.2. The average molecular weight is 376 g/mol. The Balaban J connectivity index is 2.02. The summed E-state index contributed by atoms with van der Waals surface area (Å²) in [4.78, 5) is 0. The van der Waals surface area contributed by atoms with Crippen molar-refractivity contribution < 1.29 is 5.11 Å². The van der Waals surface area contributed by atoms with Crippen LogP contribution in [0.4, 0.5) is 0 Å². The van der Waals surface area contributed by atoms with Crippen molar-refractivity contribution in [2.75, 3.05) is 0 Å². The number of rotatable bonds is 4. The predicted octanol–water partition coefficient (Wildman–Crippen LogP) is 5.01. The second kappa shape index (κ2) is 7.40. The van der Waals surface area contributed by atoms with E-state index in [2.05, 4.69) is 12.1 Å². The SMILES string of the molecule is N#CC1(C#N)CC(O)(c2ccccc2)C(Cc2ccccc2)=C1c1ccccc1. The first kappa shape index (κ1) is 18.7. The molecule has 3 heteroatoms. The van der Waals surface area contributed by atoms with Gasteiger partial charge in [-0.2, -0.15) is 10.5 Å². The Morgan fingerprint density at radius 1 is 0.759 bits per heavy atom. The number of aliphatic hydroxyl groups is 1. The maximum absolute atomic E-state index is 12.0. The molecule has 1 N–H and O–H groups in total. The number of nitriles is 2. The summed E-state index contributed by atoms with van der Waals surface area (Å²) in [5, 5.41) is 32.1. The molecule has 0 saturated carbocycles. The molecule has 0 spiro atoms. The summed E-state index contributed by atoms with van der Waals surface area (Å²) < 4.78 is 0. The van der Waals surface area contributed by atoms with Gasteiger partial charge in [-0.25, -0.2) is 0 Å². The molecule has 29 heavy (non-hydrogen) atoms. The van der Waals surface area contributed by atoms with Gasteiger partial charge < -0.3 is 5.11 Å². The van der Waals surface area contributed by atoms with Gasteiger partial charge in [-0.15, -0.1) is 0 Å². The van der Waals surface area contributed by atoms with E-state index in [9.17, 15) is 15.6 Å². The van der Waals surface area contributed by atoms with E-state index in [-0.39, 0.29) is 6.42 Å². The molecule has 0 aliphatic heterocycles. The van der Waals surface area contributed by atoms with Crippen LogP contribution in [0.15, 0.2) is 96.6 Å². The molecule has 1 atom stereocenters. The van der Waals surface area contributed by atoms with Crippen LogP contribution in [0.3, 0.4) is 0 Å². The highest BCUT2D eigenvalue weighted by Gasteiger charge is 2.55. The Morgan fingerprint density at radius 3 is 1.83 bits per heavy atom. The molecule has 0 bridgehead atoms. The Bertz CT molecular complexity index is 1110. The quantitative estimate of drug-likeness (QED) is 0.696. The molecule has 0 aromatic heterocycles. The zero-order chi connectivity index (χ0) is 20.3. The second-order valence-electron chi connectivity index (χ2n) is 7.41. The fraction of sp³-hybridized carbons (Fsp3) is 0.154. The van der Waals surface area contributed by atoms with Crippen LogP contribution in [0.25, 0.3) is 5.57 Å². The molecule has 1 unspecified atom stereocenters. The first-order valence-electron chi connectivity index (χ1n) is 9.57. The monoisotopic (exact) mass is 376 g/mol. The molecule has 3 aromatic carbocycles. The van der Waals surface area contributed by atoms with Crippen LogP contribution >= 0.6 is 0 Å². The highest BCUT2D eigenvalue weighted by atomic mass is 16.3. The van der Waals surface area contributed by atoms with Gasteiger partial charge in [0.25, 0.3) is 0 Å². The Hall–Kier alpha value is -3.66. The lowest BCUT2D eigenvalue weighted by molar-refractivity contribution is 0.0640. The highest BCUT2D eigenvalue weighted by Crippen LogP contribution is 2.57. The normalized spacial score (nSPS) is 20.1. The summed E-state index contributed by atoms with van der Waals surface area (Å²) in [5.74, 6) is 0. The van der Waals surface area contributed by atoms with E-state index < -0.39 is 11.0 Å². The van der Waals surface area contributed by atoms with Gasteiger partial charge in [0.2, 0.25) is 0 Å².